The standard InChI is InChI=1S/C13H12N4O3S/c1-16(9-3-2-4-10(7-9)17(19)20)13(18)12-11(8-5-6-8)14-15-21-12/h2-4,7-8H,5-6H2,1H3. The number of carbonyl (C=O) groups is 1. The van der Waals surface area contributed by atoms with Gasteiger partial charge >= 0.3 is 0 Å². The summed E-state index contributed by atoms with van der Waals surface area (Å²) in [5.41, 5.74) is 1.18. The molecule has 0 radical (unpaired) electrons. The minimum atomic E-state index is -0.480. The van der Waals surface area contributed by atoms with Crippen molar-refractivity contribution in [3.05, 3.63) is 45.0 Å². The summed E-state index contributed by atoms with van der Waals surface area (Å²) in [5, 5.41) is 14.8. The Morgan fingerprint density at radius 3 is 2.90 bits per heavy atom. The van der Waals surface area contributed by atoms with Gasteiger partial charge in [0.25, 0.3) is 11.6 Å². The van der Waals surface area contributed by atoms with Crippen LogP contribution in [0.2, 0.25) is 0 Å². The van der Waals surface area contributed by atoms with Gasteiger partial charge in [0.2, 0.25) is 0 Å². The van der Waals surface area contributed by atoms with E-state index < -0.39 is 4.92 Å². The molecule has 1 amide bonds. The van der Waals surface area contributed by atoms with Crippen LogP contribution in [0.15, 0.2) is 24.3 Å². The zero-order chi connectivity index (χ0) is 15.0. The molecule has 0 spiro atoms. The molecule has 1 heterocycles. The number of hydrogen-bond acceptors (Lipinski definition) is 6. The number of amides is 1. The van der Waals surface area contributed by atoms with Gasteiger partial charge in [-0.3, -0.25) is 14.9 Å². The van der Waals surface area contributed by atoms with Crippen LogP contribution in [0.1, 0.15) is 34.1 Å². The lowest BCUT2D eigenvalue weighted by Gasteiger charge is -2.16. The summed E-state index contributed by atoms with van der Waals surface area (Å²) in [6.07, 6.45) is 2.07. The van der Waals surface area contributed by atoms with E-state index in [1.807, 2.05) is 0 Å². The van der Waals surface area contributed by atoms with Crippen LogP contribution in [-0.4, -0.2) is 27.5 Å². The molecule has 1 aliphatic rings. The van der Waals surface area contributed by atoms with Gasteiger partial charge in [-0.25, -0.2) is 0 Å². The summed E-state index contributed by atoms with van der Waals surface area (Å²) in [6, 6.07) is 6.00. The van der Waals surface area contributed by atoms with Crippen LogP contribution in [0.3, 0.4) is 0 Å². The van der Waals surface area contributed by atoms with Crippen molar-refractivity contribution < 1.29 is 9.72 Å². The maximum atomic E-state index is 12.5. The molecule has 0 bridgehead atoms. The quantitative estimate of drug-likeness (QED) is 0.639. The van der Waals surface area contributed by atoms with Crippen LogP contribution in [0.4, 0.5) is 11.4 Å². The monoisotopic (exact) mass is 304 g/mol. The highest BCUT2D eigenvalue weighted by atomic mass is 32.1. The van der Waals surface area contributed by atoms with Gasteiger partial charge < -0.3 is 4.90 Å². The van der Waals surface area contributed by atoms with Crippen LogP contribution < -0.4 is 4.90 Å². The average molecular weight is 304 g/mol. The Bertz CT molecular complexity index is 711. The lowest BCUT2D eigenvalue weighted by atomic mass is 10.2. The smallest absolute Gasteiger partial charge is 0.271 e. The van der Waals surface area contributed by atoms with Crippen molar-refractivity contribution in [3.63, 3.8) is 0 Å². The van der Waals surface area contributed by atoms with E-state index in [0.29, 0.717) is 16.5 Å². The predicted octanol–water partition coefficient (Wildman–Crippen LogP) is 2.60. The van der Waals surface area contributed by atoms with Gasteiger partial charge in [0.15, 0.2) is 0 Å². The molecule has 8 heteroatoms. The van der Waals surface area contributed by atoms with Crippen LogP contribution in [-0.2, 0) is 0 Å². The van der Waals surface area contributed by atoms with Crippen molar-refractivity contribution in [3.8, 4) is 0 Å². The van der Waals surface area contributed by atoms with E-state index in [4.69, 9.17) is 0 Å². The second-order valence-corrected chi connectivity index (χ2v) is 5.66. The molecular formula is C13H12N4O3S. The lowest BCUT2D eigenvalue weighted by Crippen LogP contribution is -2.26. The summed E-state index contributed by atoms with van der Waals surface area (Å²) < 4.78 is 3.86. The first-order chi connectivity index (χ1) is 10.1. The van der Waals surface area contributed by atoms with Crippen molar-refractivity contribution in [2.24, 2.45) is 0 Å². The van der Waals surface area contributed by atoms with Gasteiger partial charge in [-0.05, 0) is 30.4 Å². The Kier molecular flexibility index (Phi) is 3.38. The number of aromatic nitrogens is 2. The lowest BCUT2D eigenvalue weighted by molar-refractivity contribution is -0.384. The molecule has 1 aliphatic carbocycles. The molecule has 1 aromatic carbocycles. The van der Waals surface area contributed by atoms with Crippen LogP contribution in [0.25, 0.3) is 0 Å². The predicted molar refractivity (Wildman–Crippen MR) is 77.7 cm³/mol. The SMILES string of the molecule is CN(C(=O)c1snnc1C1CC1)c1cccc([N+](=O)[O-])c1. The average Bonchev–Trinajstić information content (AvgIpc) is 3.23. The molecule has 108 valence electrons. The van der Waals surface area contributed by atoms with Gasteiger partial charge in [-0.2, -0.15) is 0 Å². The Morgan fingerprint density at radius 1 is 1.48 bits per heavy atom. The number of non-ortho nitro benzene ring substituents is 1. The highest BCUT2D eigenvalue weighted by Crippen LogP contribution is 2.41. The van der Waals surface area contributed by atoms with E-state index in [2.05, 4.69) is 9.59 Å². The molecule has 0 saturated heterocycles. The molecule has 3 rings (SSSR count). The number of benzene rings is 1. The zero-order valence-corrected chi connectivity index (χ0v) is 12.0. The first kappa shape index (κ1) is 13.6. The number of anilines is 1. The molecule has 0 unspecified atom stereocenters. The van der Waals surface area contributed by atoms with E-state index in [1.54, 1.807) is 19.2 Å². The van der Waals surface area contributed by atoms with E-state index >= 15 is 0 Å². The van der Waals surface area contributed by atoms with E-state index in [-0.39, 0.29) is 11.6 Å². The second-order valence-electron chi connectivity index (χ2n) is 4.90. The highest BCUT2D eigenvalue weighted by Gasteiger charge is 2.33. The Morgan fingerprint density at radius 2 is 2.24 bits per heavy atom. The summed E-state index contributed by atoms with van der Waals surface area (Å²) in [4.78, 5) is 24.8. The van der Waals surface area contributed by atoms with Gasteiger partial charge in [-0.15, -0.1) is 5.10 Å². The fourth-order valence-corrected chi connectivity index (χ4v) is 2.78. The Labute approximate surface area is 124 Å². The molecule has 21 heavy (non-hydrogen) atoms. The van der Waals surface area contributed by atoms with Gasteiger partial charge in [0.05, 0.1) is 16.3 Å². The fourth-order valence-electron chi connectivity index (χ4n) is 2.05. The fraction of sp³-hybridized carbons (Fsp3) is 0.308. The van der Waals surface area contributed by atoms with E-state index in [9.17, 15) is 14.9 Å². The maximum Gasteiger partial charge on any atom is 0.271 e. The van der Waals surface area contributed by atoms with Crippen LogP contribution >= 0.6 is 11.5 Å². The largest absolute Gasteiger partial charge is 0.310 e. The van der Waals surface area contributed by atoms with Crippen molar-refractivity contribution in [1.82, 2.24) is 9.59 Å². The second kappa shape index (κ2) is 5.21. The molecule has 0 atom stereocenters. The molecule has 1 aromatic heterocycles. The first-order valence-electron chi connectivity index (χ1n) is 6.42. The maximum absolute atomic E-state index is 12.5. The third-order valence-corrected chi connectivity index (χ3v) is 4.13. The first-order valence-corrected chi connectivity index (χ1v) is 7.20. The minimum absolute atomic E-state index is 0.0444. The number of nitro benzene ring substituents is 1. The number of hydrogen-bond donors (Lipinski definition) is 0. The van der Waals surface area contributed by atoms with Crippen molar-refractivity contribution in [1.29, 1.82) is 0 Å². The molecule has 1 fully saturated rings. The number of nitrogens with zero attached hydrogens (tertiary/aromatic N) is 4. The van der Waals surface area contributed by atoms with Gasteiger partial charge in [0, 0.05) is 25.1 Å². The van der Waals surface area contributed by atoms with Gasteiger partial charge in [-0.1, -0.05) is 10.6 Å². The summed E-state index contributed by atoms with van der Waals surface area (Å²) in [7, 11) is 1.60. The molecular weight excluding hydrogens is 292 g/mol. The Balaban J connectivity index is 1.88. The number of rotatable bonds is 4. The summed E-state index contributed by atoms with van der Waals surface area (Å²) in [5.74, 6) is 0.105. The van der Waals surface area contributed by atoms with Crippen molar-refractivity contribution in [2.75, 3.05) is 11.9 Å². The third kappa shape index (κ3) is 2.62. The number of carbonyl (C=O) groups excluding carboxylic acids is 1. The van der Waals surface area contributed by atoms with Crippen molar-refractivity contribution in [2.45, 2.75) is 18.8 Å². The zero-order valence-electron chi connectivity index (χ0n) is 11.2. The highest BCUT2D eigenvalue weighted by molar-refractivity contribution is 7.08. The topological polar surface area (TPSA) is 89.2 Å². The third-order valence-electron chi connectivity index (χ3n) is 3.40. The molecule has 0 aliphatic heterocycles. The molecule has 2 aromatic rings. The summed E-state index contributed by atoms with van der Waals surface area (Å²) in [6.45, 7) is 0. The van der Waals surface area contributed by atoms with Crippen LogP contribution in [0, 0.1) is 10.1 Å². The van der Waals surface area contributed by atoms with Crippen LogP contribution in [0.5, 0.6) is 0 Å². The van der Waals surface area contributed by atoms with E-state index in [1.165, 1.54) is 17.0 Å². The van der Waals surface area contributed by atoms with E-state index in [0.717, 1.165) is 30.1 Å². The molecule has 0 N–H and O–H groups in total. The minimum Gasteiger partial charge on any atom is -0.310 e. The van der Waals surface area contributed by atoms with Crippen molar-refractivity contribution >= 4 is 28.8 Å². The normalized spacial score (nSPS) is 14.0. The van der Waals surface area contributed by atoms with Gasteiger partial charge in [0.1, 0.15) is 4.88 Å². The molecule has 7 nitrogen and oxygen atoms in total. The Hall–Kier alpha value is -2.35. The number of nitro groups is 1. The summed E-state index contributed by atoms with van der Waals surface area (Å²) >= 11 is 1.07. The molecule has 1 saturated carbocycles.